The van der Waals surface area contributed by atoms with E-state index in [-0.39, 0.29) is 10.0 Å². The maximum absolute atomic E-state index is 9.10. The highest BCUT2D eigenvalue weighted by atomic mass is 35.5. The van der Waals surface area contributed by atoms with Crippen LogP contribution in [0.25, 0.3) is 5.69 Å². The molecule has 1 N–H and O–H groups in total. The van der Waals surface area contributed by atoms with Gasteiger partial charge in [0.25, 0.3) is 0 Å². The molecule has 0 amide bonds. The molecule has 7 heteroatoms. The quantitative estimate of drug-likeness (QED) is 0.673. The van der Waals surface area contributed by atoms with Crippen LogP contribution in [-0.2, 0) is 0 Å². The maximum Gasteiger partial charge on any atom is 0.148 e. The molecule has 20 heavy (non-hydrogen) atoms. The van der Waals surface area contributed by atoms with E-state index in [1.54, 1.807) is 18.2 Å². The Morgan fingerprint density at radius 3 is 2.75 bits per heavy atom. The van der Waals surface area contributed by atoms with Gasteiger partial charge in [-0.25, -0.2) is 4.68 Å². The van der Waals surface area contributed by atoms with E-state index in [9.17, 15) is 0 Å². The van der Waals surface area contributed by atoms with E-state index >= 15 is 0 Å². The molecule has 102 valence electrons. The van der Waals surface area contributed by atoms with Crippen LogP contribution in [0.3, 0.4) is 0 Å². The SMILES string of the molecule is C=CCNc1c(C#N)cnn1-c1ccc(Cl)c(Cl)c1Cl. The number of rotatable bonds is 4. The van der Waals surface area contributed by atoms with Crippen LogP contribution in [0, 0.1) is 11.3 Å². The molecule has 0 aliphatic rings. The van der Waals surface area contributed by atoms with E-state index in [1.165, 1.54) is 10.9 Å². The largest absolute Gasteiger partial charge is 0.365 e. The minimum Gasteiger partial charge on any atom is -0.365 e. The standard InChI is InChI=1S/C13H9Cl3N4/c1-2-5-18-13-8(6-17)7-19-20(13)10-4-3-9(14)11(15)12(10)16/h2-4,7,18H,1,5H2. The highest BCUT2D eigenvalue weighted by Crippen LogP contribution is 2.35. The predicted molar refractivity (Wildman–Crippen MR) is 82.0 cm³/mol. The Bertz CT molecular complexity index is 700. The van der Waals surface area contributed by atoms with Crippen molar-refractivity contribution in [3.63, 3.8) is 0 Å². The normalized spacial score (nSPS) is 10.1. The zero-order valence-corrected chi connectivity index (χ0v) is 12.5. The summed E-state index contributed by atoms with van der Waals surface area (Å²) in [5, 5.41) is 17.2. The van der Waals surface area contributed by atoms with Crippen LogP contribution in [0.5, 0.6) is 0 Å². The van der Waals surface area contributed by atoms with Crippen molar-refractivity contribution >= 4 is 40.6 Å². The molecule has 0 atom stereocenters. The van der Waals surface area contributed by atoms with Crippen molar-refractivity contribution in [3.05, 3.63) is 51.6 Å². The van der Waals surface area contributed by atoms with Gasteiger partial charge in [0.1, 0.15) is 17.5 Å². The Kier molecular flexibility index (Phi) is 4.56. The minimum absolute atomic E-state index is 0.245. The second-order valence-corrected chi connectivity index (χ2v) is 4.96. The van der Waals surface area contributed by atoms with Crippen molar-refractivity contribution in [2.45, 2.75) is 0 Å². The van der Waals surface area contributed by atoms with Crippen LogP contribution in [0.2, 0.25) is 15.1 Å². The summed E-state index contributed by atoms with van der Waals surface area (Å²) in [6.45, 7) is 4.11. The molecule has 0 fully saturated rings. The summed E-state index contributed by atoms with van der Waals surface area (Å²) in [5.41, 5.74) is 0.933. The van der Waals surface area contributed by atoms with Gasteiger partial charge in [0.15, 0.2) is 0 Å². The van der Waals surface area contributed by atoms with Crippen molar-refractivity contribution in [3.8, 4) is 11.8 Å². The number of nitriles is 1. The average molecular weight is 328 g/mol. The van der Waals surface area contributed by atoms with Crippen LogP contribution in [-0.4, -0.2) is 16.3 Å². The van der Waals surface area contributed by atoms with Crippen molar-refractivity contribution in [2.24, 2.45) is 0 Å². The zero-order chi connectivity index (χ0) is 14.7. The number of nitrogens with one attached hydrogen (secondary N) is 1. The third kappa shape index (κ3) is 2.61. The molecule has 0 saturated carbocycles. The van der Waals surface area contributed by atoms with E-state index in [2.05, 4.69) is 23.1 Å². The van der Waals surface area contributed by atoms with Gasteiger partial charge in [0.2, 0.25) is 0 Å². The second-order valence-electron chi connectivity index (χ2n) is 3.79. The predicted octanol–water partition coefficient (Wildman–Crippen LogP) is 4.30. The van der Waals surface area contributed by atoms with Crippen LogP contribution in [0.4, 0.5) is 5.82 Å². The van der Waals surface area contributed by atoms with Crippen LogP contribution in [0.1, 0.15) is 5.56 Å². The Balaban J connectivity index is 2.59. The summed E-state index contributed by atoms with van der Waals surface area (Å²) < 4.78 is 1.51. The topological polar surface area (TPSA) is 53.6 Å². The van der Waals surface area contributed by atoms with Gasteiger partial charge in [-0.3, -0.25) is 0 Å². The lowest BCUT2D eigenvalue weighted by Gasteiger charge is -2.11. The summed E-state index contributed by atoms with van der Waals surface area (Å²) in [7, 11) is 0. The van der Waals surface area contributed by atoms with Crippen molar-refractivity contribution < 1.29 is 0 Å². The van der Waals surface area contributed by atoms with E-state index in [4.69, 9.17) is 40.1 Å². The molecule has 0 saturated heterocycles. The first-order chi connectivity index (χ1) is 9.60. The Morgan fingerprint density at radius 2 is 2.10 bits per heavy atom. The van der Waals surface area contributed by atoms with Gasteiger partial charge in [-0.05, 0) is 12.1 Å². The molecular weight excluding hydrogens is 319 g/mol. The molecule has 0 bridgehead atoms. The van der Waals surface area contributed by atoms with Crippen molar-refractivity contribution in [1.29, 1.82) is 5.26 Å². The molecule has 2 rings (SSSR count). The second kappa shape index (κ2) is 6.19. The fourth-order valence-corrected chi connectivity index (χ4v) is 2.24. The number of halogens is 3. The molecule has 0 aliphatic heterocycles. The molecule has 0 spiro atoms. The number of benzene rings is 1. The van der Waals surface area contributed by atoms with Crippen molar-refractivity contribution in [2.75, 3.05) is 11.9 Å². The molecule has 2 aromatic rings. The van der Waals surface area contributed by atoms with E-state index in [0.29, 0.717) is 28.6 Å². The van der Waals surface area contributed by atoms with Crippen LogP contribution >= 0.6 is 34.8 Å². The van der Waals surface area contributed by atoms with Gasteiger partial charge in [0.05, 0.1) is 27.0 Å². The summed E-state index contributed by atoms with van der Waals surface area (Å²) in [5.74, 6) is 0.521. The third-order valence-corrected chi connectivity index (χ3v) is 3.83. The monoisotopic (exact) mass is 326 g/mol. The van der Waals surface area contributed by atoms with Gasteiger partial charge in [-0.2, -0.15) is 10.4 Å². The summed E-state index contributed by atoms with van der Waals surface area (Å²) in [6.07, 6.45) is 3.12. The molecule has 4 nitrogen and oxygen atoms in total. The van der Waals surface area contributed by atoms with Crippen LogP contribution in [0.15, 0.2) is 31.0 Å². The Morgan fingerprint density at radius 1 is 1.35 bits per heavy atom. The van der Waals surface area contributed by atoms with Crippen molar-refractivity contribution in [1.82, 2.24) is 9.78 Å². The lowest BCUT2D eigenvalue weighted by molar-refractivity contribution is 0.882. The number of hydrogen-bond donors (Lipinski definition) is 1. The summed E-state index contributed by atoms with van der Waals surface area (Å²) in [4.78, 5) is 0. The first kappa shape index (κ1) is 14.7. The highest BCUT2D eigenvalue weighted by molar-refractivity contribution is 6.48. The number of anilines is 1. The summed E-state index contributed by atoms with van der Waals surface area (Å²) >= 11 is 18.1. The zero-order valence-electron chi connectivity index (χ0n) is 10.2. The fraction of sp³-hybridized carbons (Fsp3) is 0.0769. The highest BCUT2D eigenvalue weighted by Gasteiger charge is 2.16. The van der Waals surface area contributed by atoms with Gasteiger partial charge < -0.3 is 5.32 Å². The Labute approximate surface area is 131 Å². The number of nitrogens with zero attached hydrogens (tertiary/aromatic N) is 3. The molecular formula is C13H9Cl3N4. The molecule has 0 radical (unpaired) electrons. The average Bonchev–Trinajstić information content (AvgIpc) is 2.85. The van der Waals surface area contributed by atoms with Gasteiger partial charge in [0, 0.05) is 6.54 Å². The lowest BCUT2D eigenvalue weighted by Crippen LogP contribution is -2.07. The molecule has 1 heterocycles. The van der Waals surface area contributed by atoms with Gasteiger partial charge >= 0.3 is 0 Å². The van der Waals surface area contributed by atoms with Gasteiger partial charge in [-0.1, -0.05) is 40.9 Å². The molecule has 1 aromatic carbocycles. The third-order valence-electron chi connectivity index (χ3n) is 2.55. The fourth-order valence-electron chi connectivity index (χ4n) is 1.63. The lowest BCUT2D eigenvalue weighted by atomic mass is 10.3. The molecule has 0 aliphatic carbocycles. The minimum atomic E-state index is 0.245. The number of aromatic nitrogens is 2. The molecule has 1 aromatic heterocycles. The number of hydrogen-bond acceptors (Lipinski definition) is 3. The first-order valence-corrected chi connectivity index (χ1v) is 6.70. The maximum atomic E-state index is 9.10. The van der Waals surface area contributed by atoms with Crippen LogP contribution < -0.4 is 5.32 Å². The first-order valence-electron chi connectivity index (χ1n) is 5.57. The van der Waals surface area contributed by atoms with E-state index in [0.717, 1.165) is 0 Å². The van der Waals surface area contributed by atoms with Gasteiger partial charge in [-0.15, -0.1) is 6.58 Å². The smallest absolute Gasteiger partial charge is 0.148 e. The summed E-state index contributed by atoms with van der Waals surface area (Å²) in [6, 6.07) is 5.36. The van der Waals surface area contributed by atoms with E-state index in [1.807, 2.05) is 0 Å². The Hall–Kier alpha value is -1.67. The van der Waals surface area contributed by atoms with E-state index < -0.39 is 0 Å². The molecule has 0 unspecified atom stereocenters.